The maximum absolute atomic E-state index is 11.9. The molecule has 104 valence electrons. The summed E-state index contributed by atoms with van der Waals surface area (Å²) in [4.78, 5) is 29.4. The number of halogens is 1. The lowest BCUT2D eigenvalue weighted by Crippen LogP contribution is -2.29. The average molecular weight is 321 g/mol. The lowest BCUT2D eigenvalue weighted by molar-refractivity contribution is -0.127. The molecule has 2 heterocycles. The quantitative estimate of drug-likeness (QED) is 0.629. The number of likely N-dealkylation sites (tertiary alicyclic amines) is 1. The number of hydrogen-bond acceptors (Lipinski definition) is 6. The maximum Gasteiger partial charge on any atom is 0.351 e. The molecule has 0 radical (unpaired) electrons. The second-order valence-corrected chi connectivity index (χ2v) is 6.55. The summed E-state index contributed by atoms with van der Waals surface area (Å²) in [5.41, 5.74) is 0. The molecule has 0 spiro atoms. The average Bonchev–Trinajstić information content (AvgIpc) is 3.04. The summed E-state index contributed by atoms with van der Waals surface area (Å²) in [6.07, 6.45) is 2.15. The first-order chi connectivity index (χ1) is 9.11. The molecule has 0 aliphatic carbocycles. The van der Waals surface area contributed by atoms with E-state index in [9.17, 15) is 9.59 Å². The van der Waals surface area contributed by atoms with Crippen molar-refractivity contribution in [3.05, 3.63) is 10.0 Å². The molecule has 1 aromatic rings. The molecule has 1 amide bonds. The summed E-state index contributed by atoms with van der Waals surface area (Å²) in [5, 5.41) is 0.132. The highest BCUT2D eigenvalue weighted by Crippen LogP contribution is 2.31. The third kappa shape index (κ3) is 3.61. The van der Waals surface area contributed by atoms with Crippen molar-refractivity contribution < 1.29 is 14.3 Å². The first kappa shape index (κ1) is 14.6. The minimum absolute atomic E-state index is 0.105. The second-order valence-electron chi connectivity index (χ2n) is 3.97. The first-order valence-corrected chi connectivity index (χ1v) is 7.95. The largest absolute Gasteiger partial charge is 0.465 e. The molecule has 2 rings (SSSR count). The number of esters is 1. The minimum Gasteiger partial charge on any atom is -0.465 e. The Labute approximate surface area is 124 Å². The third-order valence-electron chi connectivity index (χ3n) is 2.71. The Hall–Kier alpha value is -0.790. The fourth-order valence-electron chi connectivity index (χ4n) is 1.74. The maximum atomic E-state index is 11.9. The van der Waals surface area contributed by atoms with Gasteiger partial charge in [0.15, 0.2) is 14.4 Å². The van der Waals surface area contributed by atoms with Crippen LogP contribution in [0.25, 0.3) is 0 Å². The van der Waals surface area contributed by atoms with Crippen molar-refractivity contribution in [3.8, 4) is 0 Å². The summed E-state index contributed by atoms with van der Waals surface area (Å²) >= 11 is 8.30. The van der Waals surface area contributed by atoms with Crippen LogP contribution >= 0.6 is 34.7 Å². The van der Waals surface area contributed by atoms with Crippen LogP contribution in [0.15, 0.2) is 4.34 Å². The third-order valence-corrected chi connectivity index (χ3v) is 5.26. The highest BCUT2D eigenvalue weighted by Gasteiger charge is 2.21. The van der Waals surface area contributed by atoms with Gasteiger partial charge in [-0.3, -0.25) is 4.79 Å². The van der Waals surface area contributed by atoms with Gasteiger partial charge in [-0.2, -0.15) is 0 Å². The van der Waals surface area contributed by atoms with Crippen molar-refractivity contribution in [3.63, 3.8) is 0 Å². The van der Waals surface area contributed by atoms with E-state index in [1.165, 1.54) is 18.9 Å². The van der Waals surface area contributed by atoms with E-state index < -0.39 is 5.97 Å². The lowest BCUT2D eigenvalue weighted by atomic mass is 10.4. The van der Waals surface area contributed by atoms with Gasteiger partial charge in [0.2, 0.25) is 5.91 Å². The molecular weight excluding hydrogens is 308 g/mol. The summed E-state index contributed by atoms with van der Waals surface area (Å²) in [6, 6.07) is 0. The molecule has 1 aliphatic heterocycles. The van der Waals surface area contributed by atoms with Crippen LogP contribution in [-0.4, -0.2) is 47.7 Å². The van der Waals surface area contributed by atoms with Crippen molar-refractivity contribution in [1.82, 2.24) is 9.88 Å². The second kappa shape index (κ2) is 6.58. The monoisotopic (exact) mass is 320 g/mol. The number of aromatic nitrogens is 1. The summed E-state index contributed by atoms with van der Waals surface area (Å²) in [7, 11) is 1.29. The molecule has 0 N–H and O–H groups in total. The molecule has 19 heavy (non-hydrogen) atoms. The van der Waals surface area contributed by atoms with Gasteiger partial charge in [0, 0.05) is 13.1 Å². The van der Waals surface area contributed by atoms with E-state index in [0.29, 0.717) is 10.1 Å². The van der Waals surface area contributed by atoms with Crippen LogP contribution in [0.4, 0.5) is 0 Å². The lowest BCUT2D eigenvalue weighted by Gasteiger charge is -2.13. The number of thiazole rings is 1. The number of methoxy groups -OCH3 is 1. The van der Waals surface area contributed by atoms with E-state index in [1.807, 2.05) is 4.90 Å². The van der Waals surface area contributed by atoms with Crippen LogP contribution in [0.3, 0.4) is 0 Å². The number of nitrogens with zero attached hydrogens (tertiary/aromatic N) is 2. The number of ether oxygens (including phenoxy) is 1. The zero-order valence-electron chi connectivity index (χ0n) is 10.3. The van der Waals surface area contributed by atoms with Gasteiger partial charge in [0.05, 0.1) is 12.9 Å². The van der Waals surface area contributed by atoms with Gasteiger partial charge in [-0.05, 0) is 12.8 Å². The van der Waals surface area contributed by atoms with Crippen LogP contribution in [0.2, 0.25) is 5.15 Å². The van der Waals surface area contributed by atoms with E-state index in [1.54, 1.807) is 0 Å². The van der Waals surface area contributed by atoms with Gasteiger partial charge in [-0.25, -0.2) is 9.78 Å². The molecule has 5 nitrogen and oxygen atoms in total. The predicted molar refractivity (Wildman–Crippen MR) is 75.0 cm³/mol. The minimum atomic E-state index is -0.500. The molecule has 0 bridgehead atoms. The Bertz CT molecular complexity index is 486. The van der Waals surface area contributed by atoms with E-state index >= 15 is 0 Å². The van der Waals surface area contributed by atoms with Crippen molar-refractivity contribution in [1.29, 1.82) is 0 Å². The first-order valence-electron chi connectivity index (χ1n) is 5.77. The SMILES string of the molecule is COC(=O)c1sc(SCC(=O)N2CCCC2)nc1Cl. The van der Waals surface area contributed by atoms with Crippen LogP contribution in [0.5, 0.6) is 0 Å². The molecule has 1 fully saturated rings. The van der Waals surface area contributed by atoms with Crippen LogP contribution < -0.4 is 0 Å². The summed E-state index contributed by atoms with van der Waals surface area (Å²) in [5.74, 6) is -0.0709. The van der Waals surface area contributed by atoms with Crippen LogP contribution in [-0.2, 0) is 9.53 Å². The fraction of sp³-hybridized carbons (Fsp3) is 0.545. The molecule has 0 unspecified atom stereocenters. The Morgan fingerprint density at radius 2 is 2.16 bits per heavy atom. The zero-order chi connectivity index (χ0) is 13.8. The Morgan fingerprint density at radius 3 is 2.79 bits per heavy atom. The molecule has 1 aromatic heterocycles. The predicted octanol–water partition coefficient (Wildman–Crippen LogP) is 2.30. The molecule has 1 aliphatic rings. The van der Waals surface area contributed by atoms with Gasteiger partial charge in [0.25, 0.3) is 0 Å². The van der Waals surface area contributed by atoms with Gasteiger partial charge < -0.3 is 9.64 Å². The van der Waals surface area contributed by atoms with Gasteiger partial charge in [-0.15, -0.1) is 0 Å². The van der Waals surface area contributed by atoms with E-state index in [0.717, 1.165) is 37.3 Å². The van der Waals surface area contributed by atoms with Crippen molar-refractivity contribution in [2.24, 2.45) is 0 Å². The number of rotatable bonds is 4. The number of hydrogen-bond donors (Lipinski definition) is 0. The number of amides is 1. The standard InChI is InChI=1S/C11H13ClN2O3S2/c1-17-10(16)8-9(12)13-11(19-8)18-6-7(15)14-4-2-3-5-14/h2-6H2,1H3. The zero-order valence-corrected chi connectivity index (χ0v) is 12.7. The summed E-state index contributed by atoms with van der Waals surface area (Å²) in [6.45, 7) is 1.68. The Morgan fingerprint density at radius 1 is 1.47 bits per heavy atom. The van der Waals surface area contributed by atoms with Crippen LogP contribution in [0.1, 0.15) is 22.5 Å². The molecule has 0 atom stereocenters. The van der Waals surface area contributed by atoms with Crippen molar-refractivity contribution in [2.45, 2.75) is 17.2 Å². The molecule has 8 heteroatoms. The van der Waals surface area contributed by atoms with Crippen molar-refractivity contribution >= 4 is 46.6 Å². The normalized spacial score (nSPS) is 14.7. The molecular formula is C11H13ClN2O3S2. The van der Waals surface area contributed by atoms with E-state index in [4.69, 9.17) is 11.6 Å². The molecule has 0 saturated carbocycles. The smallest absolute Gasteiger partial charge is 0.351 e. The highest BCUT2D eigenvalue weighted by molar-refractivity contribution is 8.01. The molecule has 1 saturated heterocycles. The van der Waals surface area contributed by atoms with Crippen LogP contribution in [0, 0.1) is 0 Å². The summed E-state index contributed by atoms with van der Waals surface area (Å²) < 4.78 is 5.21. The van der Waals surface area contributed by atoms with Gasteiger partial charge in [-0.1, -0.05) is 34.7 Å². The van der Waals surface area contributed by atoms with Gasteiger partial charge >= 0.3 is 5.97 Å². The van der Waals surface area contributed by atoms with E-state index in [2.05, 4.69) is 9.72 Å². The number of thioether (sulfide) groups is 1. The Kier molecular flexibility index (Phi) is 5.06. The molecule has 0 aromatic carbocycles. The van der Waals surface area contributed by atoms with Gasteiger partial charge in [0.1, 0.15) is 0 Å². The highest BCUT2D eigenvalue weighted by atomic mass is 35.5. The van der Waals surface area contributed by atoms with E-state index in [-0.39, 0.29) is 15.9 Å². The topological polar surface area (TPSA) is 59.5 Å². The fourth-order valence-corrected chi connectivity index (χ4v) is 3.98. The Balaban J connectivity index is 1.92. The van der Waals surface area contributed by atoms with Crippen molar-refractivity contribution in [2.75, 3.05) is 26.0 Å². The number of carbonyl (C=O) groups is 2. The number of carbonyl (C=O) groups excluding carboxylic acids is 2.